The van der Waals surface area contributed by atoms with E-state index in [2.05, 4.69) is 27.2 Å². The third-order valence-corrected chi connectivity index (χ3v) is 6.58. The van der Waals surface area contributed by atoms with Crippen molar-refractivity contribution in [2.45, 2.75) is 19.4 Å². The molecular formula is C17H26N6O3S. The van der Waals surface area contributed by atoms with Crippen LogP contribution in [-0.4, -0.2) is 71.8 Å². The molecule has 1 aliphatic heterocycles. The first-order chi connectivity index (χ1) is 12.9. The van der Waals surface area contributed by atoms with Crippen molar-refractivity contribution in [3.63, 3.8) is 0 Å². The molecule has 0 unspecified atom stereocenters. The highest BCUT2D eigenvalue weighted by Crippen LogP contribution is 2.31. The zero-order chi connectivity index (χ0) is 19.4. The van der Waals surface area contributed by atoms with Gasteiger partial charge in [0.25, 0.3) is 0 Å². The minimum absolute atomic E-state index is 0.0403. The number of hydrogen-bond donors (Lipinski definition) is 1. The first-order valence-electron chi connectivity index (χ1n) is 8.99. The van der Waals surface area contributed by atoms with E-state index in [-0.39, 0.29) is 17.7 Å². The van der Waals surface area contributed by atoms with Gasteiger partial charge in [0.2, 0.25) is 16.0 Å². The number of aromatic nitrogens is 4. The average molecular weight is 395 g/mol. The predicted molar refractivity (Wildman–Crippen MR) is 103 cm³/mol. The molecule has 3 heterocycles. The lowest BCUT2D eigenvalue weighted by Crippen LogP contribution is -2.32. The van der Waals surface area contributed by atoms with Crippen LogP contribution >= 0.6 is 0 Å². The molecule has 0 amide bonds. The van der Waals surface area contributed by atoms with E-state index in [1.165, 1.54) is 4.31 Å². The molecule has 1 saturated heterocycles. The van der Waals surface area contributed by atoms with E-state index < -0.39 is 10.0 Å². The molecule has 0 bridgehead atoms. The summed E-state index contributed by atoms with van der Waals surface area (Å²) >= 11 is 0. The molecule has 148 valence electrons. The van der Waals surface area contributed by atoms with Crippen molar-refractivity contribution in [3.05, 3.63) is 24.8 Å². The van der Waals surface area contributed by atoms with Crippen molar-refractivity contribution in [3.8, 4) is 11.4 Å². The molecule has 1 fully saturated rings. The molecule has 0 aliphatic carbocycles. The number of hydrogen-bond acceptors (Lipinski definition) is 7. The standard InChI is InChI=1S/C17H26N6O3S/c1-4-5-19-17-20-8-13(9-21-17)16-18-6-7-23(16)15-11-26-10-14(15)12-27(24,25)22(2)3/h6-9,14-15H,4-5,10-12H2,1-3H3,(H,19,20,21)/t14-,15+/m0/s1. The molecule has 2 atom stereocenters. The fourth-order valence-electron chi connectivity index (χ4n) is 3.05. The Morgan fingerprint density at radius 2 is 2.00 bits per heavy atom. The molecule has 2 aromatic rings. The Morgan fingerprint density at radius 3 is 2.67 bits per heavy atom. The topological polar surface area (TPSA) is 102 Å². The van der Waals surface area contributed by atoms with E-state index >= 15 is 0 Å². The third-order valence-electron chi connectivity index (χ3n) is 4.61. The minimum Gasteiger partial charge on any atom is -0.379 e. The lowest BCUT2D eigenvalue weighted by molar-refractivity contribution is 0.182. The van der Waals surface area contributed by atoms with Gasteiger partial charge in [0.05, 0.1) is 30.6 Å². The van der Waals surface area contributed by atoms with Crippen molar-refractivity contribution in [1.82, 2.24) is 23.8 Å². The smallest absolute Gasteiger partial charge is 0.222 e. The van der Waals surface area contributed by atoms with Gasteiger partial charge in [-0.3, -0.25) is 0 Å². The number of nitrogens with zero attached hydrogens (tertiary/aromatic N) is 5. The van der Waals surface area contributed by atoms with Gasteiger partial charge < -0.3 is 14.6 Å². The van der Waals surface area contributed by atoms with Gasteiger partial charge in [0.1, 0.15) is 5.82 Å². The second-order valence-corrected chi connectivity index (χ2v) is 9.03. The summed E-state index contributed by atoms with van der Waals surface area (Å²) in [6.45, 7) is 3.75. The van der Waals surface area contributed by atoms with Gasteiger partial charge >= 0.3 is 0 Å². The first kappa shape index (κ1) is 19.7. The van der Waals surface area contributed by atoms with E-state index in [1.54, 1.807) is 32.7 Å². The summed E-state index contributed by atoms with van der Waals surface area (Å²) in [6, 6.07) is -0.102. The van der Waals surface area contributed by atoms with Gasteiger partial charge in [0.15, 0.2) is 0 Å². The molecule has 27 heavy (non-hydrogen) atoms. The van der Waals surface area contributed by atoms with Gasteiger partial charge in [-0.25, -0.2) is 27.7 Å². The van der Waals surface area contributed by atoms with Crippen LogP contribution in [0, 0.1) is 5.92 Å². The van der Waals surface area contributed by atoms with E-state index in [9.17, 15) is 8.42 Å². The van der Waals surface area contributed by atoms with E-state index in [0.29, 0.717) is 25.0 Å². The molecule has 2 aromatic heterocycles. The van der Waals surface area contributed by atoms with Crippen LogP contribution in [0.4, 0.5) is 5.95 Å². The van der Waals surface area contributed by atoms with Crippen LogP contribution < -0.4 is 5.32 Å². The van der Waals surface area contributed by atoms with Crippen LogP contribution in [0.1, 0.15) is 19.4 Å². The molecule has 0 saturated carbocycles. The zero-order valence-electron chi connectivity index (χ0n) is 15.9. The Bertz CT molecular complexity index is 850. The summed E-state index contributed by atoms with van der Waals surface area (Å²) in [5.74, 6) is 1.19. The van der Waals surface area contributed by atoms with Gasteiger partial charge in [-0.15, -0.1) is 0 Å². The van der Waals surface area contributed by atoms with Crippen LogP contribution in [0.5, 0.6) is 0 Å². The van der Waals surface area contributed by atoms with E-state index in [1.807, 2.05) is 10.8 Å². The Kier molecular flexibility index (Phi) is 6.08. The number of imidazole rings is 1. The Labute approximate surface area is 159 Å². The summed E-state index contributed by atoms with van der Waals surface area (Å²) in [6.07, 6.45) is 8.01. The second kappa shape index (κ2) is 8.32. The van der Waals surface area contributed by atoms with Gasteiger partial charge in [-0.05, 0) is 6.42 Å². The van der Waals surface area contributed by atoms with Crippen LogP contribution in [0.3, 0.4) is 0 Å². The lowest BCUT2D eigenvalue weighted by Gasteiger charge is -2.22. The molecule has 0 aromatic carbocycles. The zero-order valence-corrected chi connectivity index (χ0v) is 16.7. The predicted octanol–water partition coefficient (Wildman–Crippen LogP) is 1.24. The lowest BCUT2D eigenvalue weighted by atomic mass is 10.1. The largest absolute Gasteiger partial charge is 0.379 e. The third kappa shape index (κ3) is 4.45. The molecule has 10 heteroatoms. The maximum absolute atomic E-state index is 12.3. The quantitative estimate of drug-likeness (QED) is 0.718. The molecule has 0 spiro atoms. The number of ether oxygens (including phenoxy) is 1. The maximum atomic E-state index is 12.3. The number of sulfonamides is 1. The van der Waals surface area contributed by atoms with Crippen LogP contribution in [0.2, 0.25) is 0 Å². The Hall–Kier alpha value is -2.04. The number of nitrogens with one attached hydrogen (secondary N) is 1. The van der Waals surface area contributed by atoms with Crippen LogP contribution in [0.15, 0.2) is 24.8 Å². The molecule has 0 radical (unpaired) electrons. The summed E-state index contributed by atoms with van der Waals surface area (Å²) in [5, 5.41) is 3.14. The molecular weight excluding hydrogens is 368 g/mol. The fraction of sp³-hybridized carbons (Fsp3) is 0.588. The van der Waals surface area contributed by atoms with E-state index in [0.717, 1.165) is 18.5 Å². The van der Waals surface area contributed by atoms with Crippen molar-refractivity contribution in [2.24, 2.45) is 5.92 Å². The Balaban J connectivity index is 1.81. The van der Waals surface area contributed by atoms with Crippen molar-refractivity contribution in [2.75, 3.05) is 44.9 Å². The number of anilines is 1. The van der Waals surface area contributed by atoms with Crippen molar-refractivity contribution < 1.29 is 13.2 Å². The van der Waals surface area contributed by atoms with Crippen LogP contribution in [-0.2, 0) is 14.8 Å². The summed E-state index contributed by atoms with van der Waals surface area (Å²) in [7, 11) is -0.211. The highest BCUT2D eigenvalue weighted by molar-refractivity contribution is 7.89. The summed E-state index contributed by atoms with van der Waals surface area (Å²) in [4.78, 5) is 13.1. The molecule has 9 nitrogen and oxygen atoms in total. The van der Waals surface area contributed by atoms with Crippen molar-refractivity contribution in [1.29, 1.82) is 0 Å². The maximum Gasteiger partial charge on any atom is 0.222 e. The SMILES string of the molecule is CCCNc1ncc(-c2nccn2[C@@H]2COC[C@H]2CS(=O)(=O)N(C)C)cn1. The highest BCUT2D eigenvalue weighted by Gasteiger charge is 2.35. The van der Waals surface area contributed by atoms with Gasteiger partial charge in [-0.2, -0.15) is 0 Å². The molecule has 1 aliphatic rings. The molecule has 3 rings (SSSR count). The number of rotatable bonds is 8. The summed E-state index contributed by atoms with van der Waals surface area (Å²) < 4.78 is 33.4. The van der Waals surface area contributed by atoms with Gasteiger partial charge in [0, 0.05) is 51.3 Å². The minimum atomic E-state index is -3.31. The van der Waals surface area contributed by atoms with Crippen molar-refractivity contribution >= 4 is 16.0 Å². The molecule has 1 N–H and O–H groups in total. The second-order valence-electron chi connectivity index (χ2n) is 6.81. The Morgan fingerprint density at radius 1 is 1.26 bits per heavy atom. The van der Waals surface area contributed by atoms with E-state index in [4.69, 9.17) is 4.74 Å². The summed E-state index contributed by atoms with van der Waals surface area (Å²) in [5.41, 5.74) is 0.781. The monoisotopic (exact) mass is 394 g/mol. The normalized spacial score (nSPS) is 20.3. The highest BCUT2D eigenvalue weighted by atomic mass is 32.2. The first-order valence-corrected chi connectivity index (χ1v) is 10.6. The van der Waals surface area contributed by atoms with Gasteiger partial charge in [-0.1, -0.05) is 6.92 Å². The van der Waals surface area contributed by atoms with Crippen LogP contribution in [0.25, 0.3) is 11.4 Å². The average Bonchev–Trinajstić information content (AvgIpc) is 3.28. The fourth-order valence-corrected chi connectivity index (χ4v) is 4.21.